The van der Waals surface area contributed by atoms with Crippen LogP contribution >= 0.6 is 11.3 Å². The second-order valence-electron chi connectivity index (χ2n) is 6.99. The van der Waals surface area contributed by atoms with Gasteiger partial charge in [0.2, 0.25) is 0 Å². The van der Waals surface area contributed by atoms with E-state index in [1.54, 1.807) is 11.3 Å². The van der Waals surface area contributed by atoms with Crippen molar-refractivity contribution in [1.82, 2.24) is 0 Å². The van der Waals surface area contributed by atoms with Crippen molar-refractivity contribution in [3.05, 3.63) is 112 Å². The maximum atomic E-state index is 2.30. The van der Waals surface area contributed by atoms with Gasteiger partial charge >= 0.3 is 0 Å². The lowest BCUT2D eigenvalue weighted by Gasteiger charge is -2.25. The minimum Gasteiger partial charge on any atom is -0.311 e. The zero-order valence-electron chi connectivity index (χ0n) is 16.2. The van der Waals surface area contributed by atoms with E-state index in [1.807, 2.05) is 0 Å². The summed E-state index contributed by atoms with van der Waals surface area (Å²) >= 11 is 1.72. The highest BCUT2D eigenvalue weighted by Crippen LogP contribution is 2.34. The van der Waals surface area contributed by atoms with Crippen LogP contribution in [-0.2, 0) is 0 Å². The third-order valence-corrected chi connectivity index (χ3v) is 5.45. The van der Waals surface area contributed by atoms with Crippen molar-refractivity contribution >= 4 is 40.6 Å². The summed E-state index contributed by atoms with van der Waals surface area (Å²) in [6.07, 6.45) is 4.32. The molecule has 138 valence electrons. The summed E-state index contributed by atoms with van der Waals surface area (Å²) in [4.78, 5) is 2.30. The molecule has 28 heavy (non-hydrogen) atoms. The third kappa shape index (κ3) is 4.24. The normalized spacial score (nSPS) is 11.1. The van der Waals surface area contributed by atoms with Gasteiger partial charge in [0.1, 0.15) is 0 Å². The monoisotopic (exact) mass is 381 g/mol. The van der Waals surface area contributed by atoms with Gasteiger partial charge in [-0.15, -0.1) is 0 Å². The first-order valence-electron chi connectivity index (χ1n) is 9.43. The summed E-state index contributed by atoms with van der Waals surface area (Å²) in [6.45, 7) is 4.24. The van der Waals surface area contributed by atoms with Crippen LogP contribution < -0.4 is 4.90 Å². The number of benzene rings is 3. The molecule has 0 radical (unpaired) electrons. The quantitative estimate of drug-likeness (QED) is 0.338. The molecule has 0 saturated heterocycles. The van der Waals surface area contributed by atoms with E-state index >= 15 is 0 Å². The van der Waals surface area contributed by atoms with Gasteiger partial charge in [-0.05, 0) is 78.2 Å². The Morgan fingerprint density at radius 2 is 1.04 bits per heavy atom. The van der Waals surface area contributed by atoms with E-state index in [0.29, 0.717) is 0 Å². The fourth-order valence-corrected chi connectivity index (χ4v) is 3.76. The minimum absolute atomic E-state index is 1.15. The molecule has 1 aromatic heterocycles. The summed E-state index contributed by atoms with van der Waals surface area (Å²) in [6, 6.07) is 28.2. The lowest BCUT2D eigenvalue weighted by atomic mass is 10.1. The van der Waals surface area contributed by atoms with E-state index in [4.69, 9.17) is 0 Å². The van der Waals surface area contributed by atoms with Gasteiger partial charge in [-0.3, -0.25) is 0 Å². The average Bonchev–Trinajstić information content (AvgIpc) is 3.24. The number of nitrogens with zero attached hydrogens (tertiary/aromatic N) is 1. The zero-order chi connectivity index (χ0) is 19.3. The zero-order valence-corrected chi connectivity index (χ0v) is 17.0. The van der Waals surface area contributed by atoms with Gasteiger partial charge in [-0.2, -0.15) is 11.3 Å². The molecule has 0 aliphatic carbocycles. The van der Waals surface area contributed by atoms with Crippen molar-refractivity contribution in [1.29, 1.82) is 0 Å². The van der Waals surface area contributed by atoms with Crippen molar-refractivity contribution in [2.24, 2.45) is 0 Å². The highest BCUT2D eigenvalue weighted by Gasteiger charge is 2.11. The van der Waals surface area contributed by atoms with E-state index in [-0.39, 0.29) is 0 Å². The van der Waals surface area contributed by atoms with Crippen LogP contribution in [-0.4, -0.2) is 0 Å². The summed E-state index contributed by atoms with van der Waals surface area (Å²) in [7, 11) is 0. The molecule has 0 fully saturated rings. The topological polar surface area (TPSA) is 3.24 Å². The molecule has 0 saturated carbocycles. The van der Waals surface area contributed by atoms with Crippen LogP contribution in [0.1, 0.15) is 22.3 Å². The Bertz CT molecular complexity index is 996. The lowest BCUT2D eigenvalue weighted by Crippen LogP contribution is -2.09. The average molecular weight is 382 g/mol. The Labute approximate surface area is 171 Å². The lowest BCUT2D eigenvalue weighted by molar-refractivity contribution is 1.27. The Morgan fingerprint density at radius 3 is 1.50 bits per heavy atom. The molecule has 0 aliphatic heterocycles. The number of aryl methyl sites for hydroxylation is 2. The van der Waals surface area contributed by atoms with E-state index in [0.717, 1.165) is 17.1 Å². The molecule has 0 spiro atoms. The molecule has 4 aromatic rings. The van der Waals surface area contributed by atoms with Gasteiger partial charge < -0.3 is 4.90 Å². The Hall–Kier alpha value is -3.10. The molecule has 0 bridgehead atoms. The summed E-state index contributed by atoms with van der Waals surface area (Å²) in [5.74, 6) is 0. The second kappa shape index (κ2) is 8.28. The van der Waals surface area contributed by atoms with Gasteiger partial charge in [0.25, 0.3) is 0 Å². The maximum absolute atomic E-state index is 2.30. The van der Waals surface area contributed by atoms with Crippen LogP contribution in [0.2, 0.25) is 0 Å². The first-order chi connectivity index (χ1) is 13.7. The van der Waals surface area contributed by atoms with Crippen molar-refractivity contribution in [3.63, 3.8) is 0 Å². The summed E-state index contributed by atoms with van der Waals surface area (Å²) in [5, 5.41) is 4.26. The summed E-state index contributed by atoms with van der Waals surface area (Å²) < 4.78 is 0. The van der Waals surface area contributed by atoms with Gasteiger partial charge in [-0.25, -0.2) is 0 Å². The predicted octanol–water partition coefficient (Wildman–Crippen LogP) is 8.01. The maximum Gasteiger partial charge on any atom is 0.0462 e. The van der Waals surface area contributed by atoms with E-state index in [1.165, 1.54) is 22.3 Å². The molecule has 0 aliphatic rings. The first-order valence-corrected chi connectivity index (χ1v) is 10.4. The van der Waals surface area contributed by atoms with Crippen LogP contribution in [0, 0.1) is 13.8 Å². The fourth-order valence-electron chi connectivity index (χ4n) is 3.13. The fraction of sp³-hybridized carbons (Fsp3) is 0.0769. The minimum atomic E-state index is 1.15. The van der Waals surface area contributed by atoms with Gasteiger partial charge in [0, 0.05) is 17.1 Å². The van der Waals surface area contributed by atoms with Gasteiger partial charge in [-0.1, -0.05) is 59.7 Å². The molecule has 0 N–H and O–H groups in total. The van der Waals surface area contributed by atoms with Crippen LogP contribution in [0.25, 0.3) is 12.2 Å². The van der Waals surface area contributed by atoms with Crippen LogP contribution in [0.3, 0.4) is 0 Å². The van der Waals surface area contributed by atoms with Gasteiger partial charge in [0.15, 0.2) is 0 Å². The summed E-state index contributed by atoms with van der Waals surface area (Å²) in [5.41, 5.74) is 8.45. The number of thiophene rings is 1. The molecule has 1 heterocycles. The number of rotatable bonds is 5. The molecule has 0 unspecified atom stereocenters. The third-order valence-electron chi connectivity index (χ3n) is 4.75. The van der Waals surface area contributed by atoms with E-state index < -0.39 is 0 Å². The van der Waals surface area contributed by atoms with E-state index in [2.05, 4.69) is 121 Å². The first kappa shape index (κ1) is 18.3. The molecule has 4 rings (SSSR count). The van der Waals surface area contributed by atoms with Crippen molar-refractivity contribution in [2.45, 2.75) is 13.8 Å². The van der Waals surface area contributed by atoms with Crippen molar-refractivity contribution in [2.75, 3.05) is 4.90 Å². The second-order valence-corrected chi connectivity index (χ2v) is 7.77. The number of hydrogen-bond donors (Lipinski definition) is 0. The molecule has 0 atom stereocenters. The van der Waals surface area contributed by atoms with Crippen LogP contribution in [0.4, 0.5) is 17.1 Å². The van der Waals surface area contributed by atoms with Gasteiger partial charge in [0.05, 0.1) is 0 Å². The highest BCUT2D eigenvalue weighted by molar-refractivity contribution is 7.08. The Kier molecular flexibility index (Phi) is 5.41. The molecule has 3 aromatic carbocycles. The predicted molar refractivity (Wildman–Crippen MR) is 124 cm³/mol. The van der Waals surface area contributed by atoms with Crippen molar-refractivity contribution in [3.8, 4) is 0 Å². The number of anilines is 3. The standard InChI is InChI=1S/C26H23NS/c1-20-3-11-24(12-4-20)27(25-13-5-21(2)6-14-25)26-15-9-22(10-16-26)7-8-23-17-18-28-19-23/h3-19H,1-2H3. The van der Waals surface area contributed by atoms with Crippen molar-refractivity contribution < 1.29 is 0 Å². The van der Waals surface area contributed by atoms with Crippen LogP contribution in [0.15, 0.2) is 89.6 Å². The molecule has 0 amide bonds. The Balaban J connectivity index is 1.68. The smallest absolute Gasteiger partial charge is 0.0462 e. The molecular weight excluding hydrogens is 358 g/mol. The Morgan fingerprint density at radius 1 is 0.571 bits per heavy atom. The molecule has 2 heteroatoms. The highest BCUT2D eigenvalue weighted by atomic mass is 32.1. The molecule has 1 nitrogen and oxygen atoms in total. The SMILES string of the molecule is Cc1ccc(N(c2ccc(C)cc2)c2ccc(C=Cc3ccsc3)cc2)cc1. The largest absolute Gasteiger partial charge is 0.311 e. The number of hydrogen-bond acceptors (Lipinski definition) is 2. The van der Waals surface area contributed by atoms with Crippen LogP contribution in [0.5, 0.6) is 0 Å². The molecular formula is C26H23NS. The van der Waals surface area contributed by atoms with E-state index in [9.17, 15) is 0 Å².